The average Bonchev–Trinajstić information content (AvgIpc) is 3.54. The second kappa shape index (κ2) is 15.2. The van der Waals surface area contributed by atoms with Gasteiger partial charge < -0.3 is 25.7 Å². The van der Waals surface area contributed by atoms with Gasteiger partial charge >= 0.3 is 5.97 Å². The number of Topliss-reactive ketones (excluding diaryl/α,β-unsaturated/α-hetero) is 1. The maximum absolute atomic E-state index is 13.4. The lowest BCUT2D eigenvalue weighted by Crippen LogP contribution is -2.53. The minimum atomic E-state index is -1.03. The third kappa shape index (κ3) is 9.20. The van der Waals surface area contributed by atoms with Crippen LogP contribution >= 0.6 is 0 Å². The molecule has 4 N–H and O–H groups in total. The Morgan fingerprint density at radius 3 is 2.50 bits per heavy atom. The molecule has 0 bridgehead atoms. The fourth-order valence-corrected chi connectivity index (χ4v) is 4.85. The highest BCUT2D eigenvalue weighted by molar-refractivity contribution is 6.01. The first-order valence-electron chi connectivity index (χ1n) is 14.3. The zero-order valence-electron chi connectivity index (χ0n) is 23.7. The van der Waals surface area contributed by atoms with Crippen LogP contribution in [0.4, 0.5) is 0 Å². The number of hydrogen-bond acceptors (Lipinski definition) is 6. The predicted octanol–water partition coefficient (Wildman–Crippen LogP) is 3.41. The Hall–Kier alpha value is -3.69. The van der Waals surface area contributed by atoms with Gasteiger partial charge in [0, 0.05) is 29.8 Å². The van der Waals surface area contributed by atoms with Crippen LogP contribution in [0.25, 0.3) is 10.9 Å². The Kier molecular flexibility index (Phi) is 11.7. The van der Waals surface area contributed by atoms with E-state index < -0.39 is 48.2 Å². The van der Waals surface area contributed by atoms with Crippen molar-refractivity contribution in [3.63, 3.8) is 0 Å². The van der Waals surface area contributed by atoms with Gasteiger partial charge in [0.05, 0.1) is 6.04 Å². The summed E-state index contributed by atoms with van der Waals surface area (Å²) in [5, 5.41) is 9.17. The number of H-pyrrole nitrogens is 1. The third-order valence-corrected chi connectivity index (χ3v) is 7.10. The Bertz CT molecular complexity index is 1160. The van der Waals surface area contributed by atoms with Crippen molar-refractivity contribution >= 4 is 40.4 Å². The molecule has 1 saturated heterocycles. The molecule has 0 aliphatic carbocycles. The summed E-state index contributed by atoms with van der Waals surface area (Å²) in [6.45, 7) is 5.96. The van der Waals surface area contributed by atoms with Crippen LogP contribution < -0.4 is 16.0 Å². The average molecular weight is 555 g/mol. The molecule has 1 aliphatic rings. The van der Waals surface area contributed by atoms with Crippen molar-refractivity contribution in [1.29, 1.82) is 0 Å². The van der Waals surface area contributed by atoms with Gasteiger partial charge in [0.1, 0.15) is 11.7 Å². The van der Waals surface area contributed by atoms with Crippen molar-refractivity contribution < 1.29 is 28.7 Å². The lowest BCUT2D eigenvalue weighted by molar-refractivity contribution is -0.149. The SMILES string of the molecule is CCCCCCC(=O)OCC(=O)[C@H](C[C@@H]1CCNC1=O)NC(=O)[C@H](CC(C)C)NC(=O)c1cc2ccccc2[nH]1. The van der Waals surface area contributed by atoms with Crippen molar-refractivity contribution in [3.8, 4) is 0 Å². The summed E-state index contributed by atoms with van der Waals surface area (Å²) in [6.07, 6.45) is 4.88. The van der Waals surface area contributed by atoms with Gasteiger partial charge in [0.15, 0.2) is 12.4 Å². The monoisotopic (exact) mass is 554 g/mol. The second-order valence-electron chi connectivity index (χ2n) is 10.9. The summed E-state index contributed by atoms with van der Waals surface area (Å²) < 4.78 is 5.20. The zero-order valence-corrected chi connectivity index (χ0v) is 23.7. The molecule has 1 aromatic heterocycles. The smallest absolute Gasteiger partial charge is 0.306 e. The van der Waals surface area contributed by atoms with E-state index in [0.717, 1.165) is 30.2 Å². The number of amides is 3. The van der Waals surface area contributed by atoms with Gasteiger partial charge in [-0.2, -0.15) is 0 Å². The fourth-order valence-electron chi connectivity index (χ4n) is 4.85. The van der Waals surface area contributed by atoms with Gasteiger partial charge in [-0.3, -0.25) is 24.0 Å². The highest BCUT2D eigenvalue weighted by Gasteiger charge is 2.33. The number of fused-ring (bicyclic) bond motifs is 1. The van der Waals surface area contributed by atoms with Crippen LogP contribution in [0.1, 0.15) is 82.6 Å². The number of ether oxygens (including phenoxy) is 1. The third-order valence-electron chi connectivity index (χ3n) is 7.10. The molecule has 218 valence electrons. The lowest BCUT2D eigenvalue weighted by Gasteiger charge is -2.25. The number of esters is 1. The van der Waals surface area contributed by atoms with Crippen LogP contribution in [0.15, 0.2) is 30.3 Å². The minimum Gasteiger partial charge on any atom is -0.458 e. The van der Waals surface area contributed by atoms with Crippen molar-refractivity contribution in [2.45, 2.75) is 84.2 Å². The quantitative estimate of drug-likeness (QED) is 0.185. The van der Waals surface area contributed by atoms with Gasteiger partial charge in [-0.25, -0.2) is 0 Å². The Balaban J connectivity index is 1.67. The highest BCUT2D eigenvalue weighted by atomic mass is 16.5. The Morgan fingerprint density at radius 2 is 1.82 bits per heavy atom. The van der Waals surface area contributed by atoms with Gasteiger partial charge in [-0.15, -0.1) is 0 Å². The molecule has 3 amide bonds. The first kappa shape index (κ1) is 30.8. The van der Waals surface area contributed by atoms with Gasteiger partial charge in [-0.1, -0.05) is 58.2 Å². The van der Waals surface area contributed by atoms with Crippen molar-refractivity contribution in [2.24, 2.45) is 11.8 Å². The van der Waals surface area contributed by atoms with E-state index in [-0.39, 0.29) is 24.7 Å². The number of hydrogen-bond donors (Lipinski definition) is 4. The Labute approximate surface area is 235 Å². The Morgan fingerprint density at radius 1 is 1.05 bits per heavy atom. The molecule has 3 atom stereocenters. The summed E-state index contributed by atoms with van der Waals surface area (Å²) in [5.41, 5.74) is 1.13. The molecule has 10 heteroatoms. The maximum atomic E-state index is 13.4. The van der Waals surface area contributed by atoms with Crippen LogP contribution in [0, 0.1) is 11.8 Å². The molecule has 0 saturated carbocycles. The summed E-state index contributed by atoms with van der Waals surface area (Å²) in [7, 11) is 0. The van der Waals surface area contributed by atoms with E-state index in [2.05, 4.69) is 27.9 Å². The van der Waals surface area contributed by atoms with Crippen LogP contribution in [-0.2, 0) is 23.9 Å². The lowest BCUT2D eigenvalue weighted by atomic mass is 9.95. The first-order chi connectivity index (χ1) is 19.2. The van der Waals surface area contributed by atoms with Crippen molar-refractivity contribution in [2.75, 3.05) is 13.2 Å². The van der Waals surface area contributed by atoms with Gasteiger partial charge in [-0.05, 0) is 43.7 Å². The summed E-state index contributed by atoms with van der Waals surface area (Å²) >= 11 is 0. The van der Waals surface area contributed by atoms with E-state index in [9.17, 15) is 24.0 Å². The minimum absolute atomic E-state index is 0.0715. The molecule has 0 spiro atoms. The summed E-state index contributed by atoms with van der Waals surface area (Å²) in [4.78, 5) is 67.0. The summed E-state index contributed by atoms with van der Waals surface area (Å²) in [5.74, 6) is -2.46. The number of nitrogens with one attached hydrogen (secondary N) is 4. The molecule has 3 rings (SSSR count). The summed E-state index contributed by atoms with van der Waals surface area (Å²) in [6, 6.07) is 7.25. The highest BCUT2D eigenvalue weighted by Crippen LogP contribution is 2.18. The number of aromatic amines is 1. The normalized spacial score (nSPS) is 16.4. The zero-order chi connectivity index (χ0) is 29.1. The van der Waals surface area contributed by atoms with E-state index in [1.54, 1.807) is 6.07 Å². The van der Waals surface area contributed by atoms with Crippen LogP contribution in [0.3, 0.4) is 0 Å². The predicted molar refractivity (Wildman–Crippen MR) is 151 cm³/mol. The number of carbonyl (C=O) groups is 5. The van der Waals surface area contributed by atoms with Gasteiger partial charge in [0.25, 0.3) is 5.91 Å². The first-order valence-corrected chi connectivity index (χ1v) is 14.3. The topological polar surface area (TPSA) is 146 Å². The molecule has 1 fully saturated rings. The van der Waals surface area contributed by atoms with E-state index >= 15 is 0 Å². The van der Waals surface area contributed by atoms with Crippen LogP contribution in [0.2, 0.25) is 0 Å². The number of unbranched alkanes of at least 4 members (excludes halogenated alkanes) is 3. The molecular weight excluding hydrogens is 512 g/mol. The molecule has 10 nitrogen and oxygen atoms in total. The molecule has 2 aromatic rings. The molecular formula is C30H42N4O6. The molecule has 2 heterocycles. The number of ketones is 1. The molecule has 40 heavy (non-hydrogen) atoms. The van der Waals surface area contributed by atoms with Gasteiger partial charge in [0.2, 0.25) is 11.8 Å². The van der Waals surface area contributed by atoms with Crippen molar-refractivity contribution in [1.82, 2.24) is 20.9 Å². The van der Waals surface area contributed by atoms with E-state index in [1.807, 2.05) is 38.1 Å². The molecule has 0 unspecified atom stereocenters. The second-order valence-corrected chi connectivity index (χ2v) is 10.9. The molecule has 0 radical (unpaired) electrons. The van der Waals surface area contributed by atoms with E-state index in [4.69, 9.17) is 4.74 Å². The number of rotatable bonds is 16. The number of benzene rings is 1. The number of carbonyl (C=O) groups excluding carboxylic acids is 5. The number of para-hydroxylation sites is 1. The standard InChI is InChI=1S/C30H42N4O6/c1-4-5-6-7-12-27(36)40-18-26(35)23(17-21-13-14-31-28(21)37)33-29(38)24(15-19(2)3)34-30(39)25-16-20-10-8-9-11-22(20)32-25/h8-11,16,19,21,23-24,32H,4-7,12-15,17-18H2,1-3H3,(H,31,37)(H,33,38)(H,34,39)/t21-,23-,24-/m0/s1. The number of aromatic nitrogens is 1. The molecule has 1 aromatic carbocycles. The van der Waals surface area contributed by atoms with E-state index in [1.165, 1.54) is 0 Å². The van der Waals surface area contributed by atoms with Crippen LogP contribution in [0.5, 0.6) is 0 Å². The fraction of sp³-hybridized carbons (Fsp3) is 0.567. The molecule has 1 aliphatic heterocycles. The van der Waals surface area contributed by atoms with Crippen LogP contribution in [-0.4, -0.2) is 59.7 Å². The maximum Gasteiger partial charge on any atom is 0.306 e. The largest absolute Gasteiger partial charge is 0.458 e. The van der Waals surface area contributed by atoms with E-state index in [0.29, 0.717) is 31.5 Å². The van der Waals surface area contributed by atoms with Crippen molar-refractivity contribution in [3.05, 3.63) is 36.0 Å².